The van der Waals surface area contributed by atoms with Gasteiger partial charge in [0.1, 0.15) is 5.75 Å². The van der Waals surface area contributed by atoms with Crippen LogP contribution in [0.1, 0.15) is 5.56 Å². The van der Waals surface area contributed by atoms with Crippen LogP contribution >= 0.6 is 11.3 Å². The van der Waals surface area contributed by atoms with Crippen molar-refractivity contribution in [2.75, 3.05) is 0 Å². The molecule has 0 fully saturated rings. The Morgan fingerprint density at radius 2 is 1.71 bits per heavy atom. The first-order chi connectivity index (χ1) is 8.24. The Morgan fingerprint density at radius 1 is 0.941 bits per heavy atom. The molecule has 0 aliphatic heterocycles. The average Bonchev–Trinajstić information content (AvgIpc) is 2.75. The first-order valence-corrected chi connectivity index (χ1v) is 6.44. The van der Waals surface area contributed by atoms with Gasteiger partial charge in [-0.15, -0.1) is 0 Å². The van der Waals surface area contributed by atoms with Crippen LogP contribution in [0.15, 0.2) is 47.2 Å². The summed E-state index contributed by atoms with van der Waals surface area (Å²) in [6.45, 7) is 2.13. The second-order valence-corrected chi connectivity index (χ2v) is 4.96. The van der Waals surface area contributed by atoms with E-state index >= 15 is 0 Å². The maximum Gasteiger partial charge on any atom is 0.116 e. The van der Waals surface area contributed by atoms with Gasteiger partial charge in [-0.05, 0) is 63.3 Å². The third-order valence-electron chi connectivity index (χ3n) is 2.99. The number of aryl methyl sites for hydroxylation is 1. The molecule has 0 spiro atoms. The lowest BCUT2D eigenvalue weighted by Crippen LogP contribution is -1.79. The number of phenols is 1. The normalized spacial score (nSPS) is 10.9. The smallest absolute Gasteiger partial charge is 0.116 e. The summed E-state index contributed by atoms with van der Waals surface area (Å²) in [7, 11) is 0. The standard InChI is InChI=1S/C15H12OS/c1-10-8-17-9-15(10)13-3-2-12-7-14(16)5-4-11(12)6-13/h2-9,16H,1H3. The van der Waals surface area contributed by atoms with E-state index in [2.05, 4.69) is 35.9 Å². The zero-order valence-electron chi connectivity index (χ0n) is 9.47. The van der Waals surface area contributed by atoms with Crippen LogP contribution in [0.3, 0.4) is 0 Å². The van der Waals surface area contributed by atoms with E-state index < -0.39 is 0 Å². The number of aromatic hydroxyl groups is 1. The van der Waals surface area contributed by atoms with Crippen LogP contribution in [0.4, 0.5) is 0 Å². The SMILES string of the molecule is Cc1cscc1-c1ccc2cc(O)ccc2c1. The first-order valence-electron chi connectivity index (χ1n) is 5.50. The molecular formula is C15H12OS. The van der Waals surface area contributed by atoms with E-state index in [0.717, 1.165) is 10.8 Å². The molecule has 0 atom stereocenters. The summed E-state index contributed by atoms with van der Waals surface area (Å²) < 4.78 is 0. The molecule has 3 aromatic rings. The molecule has 3 rings (SSSR count). The van der Waals surface area contributed by atoms with Crippen molar-refractivity contribution in [3.63, 3.8) is 0 Å². The molecule has 0 amide bonds. The van der Waals surface area contributed by atoms with Crippen LogP contribution in [0, 0.1) is 6.92 Å². The summed E-state index contributed by atoms with van der Waals surface area (Å²) in [4.78, 5) is 0. The highest BCUT2D eigenvalue weighted by Gasteiger charge is 2.04. The maximum atomic E-state index is 9.43. The predicted octanol–water partition coefficient (Wildman–Crippen LogP) is 4.58. The number of hydrogen-bond donors (Lipinski definition) is 1. The minimum atomic E-state index is 0.317. The van der Waals surface area contributed by atoms with Gasteiger partial charge in [-0.2, -0.15) is 11.3 Å². The number of phenolic OH excluding ortho intramolecular Hbond substituents is 1. The molecule has 1 heterocycles. The molecule has 84 valence electrons. The van der Waals surface area contributed by atoms with E-state index in [0.29, 0.717) is 5.75 Å². The maximum absolute atomic E-state index is 9.43. The van der Waals surface area contributed by atoms with Crippen LogP contribution in [-0.4, -0.2) is 5.11 Å². The van der Waals surface area contributed by atoms with Crippen molar-refractivity contribution in [1.82, 2.24) is 0 Å². The first kappa shape index (κ1) is 10.4. The van der Waals surface area contributed by atoms with Gasteiger partial charge in [0.25, 0.3) is 0 Å². The van der Waals surface area contributed by atoms with Crippen molar-refractivity contribution in [3.8, 4) is 16.9 Å². The number of benzene rings is 2. The van der Waals surface area contributed by atoms with Gasteiger partial charge in [-0.3, -0.25) is 0 Å². The summed E-state index contributed by atoms with van der Waals surface area (Å²) in [6, 6.07) is 11.8. The summed E-state index contributed by atoms with van der Waals surface area (Å²) in [5.74, 6) is 0.317. The predicted molar refractivity (Wildman–Crippen MR) is 73.7 cm³/mol. The van der Waals surface area contributed by atoms with Crippen molar-refractivity contribution in [2.45, 2.75) is 6.92 Å². The van der Waals surface area contributed by atoms with Gasteiger partial charge in [-0.25, -0.2) is 0 Å². The monoisotopic (exact) mass is 240 g/mol. The van der Waals surface area contributed by atoms with Gasteiger partial charge in [0, 0.05) is 0 Å². The van der Waals surface area contributed by atoms with E-state index in [1.807, 2.05) is 6.07 Å². The highest BCUT2D eigenvalue weighted by atomic mass is 32.1. The summed E-state index contributed by atoms with van der Waals surface area (Å²) in [5, 5.41) is 16.0. The molecule has 0 bridgehead atoms. The van der Waals surface area contributed by atoms with E-state index in [9.17, 15) is 5.11 Å². The quantitative estimate of drug-likeness (QED) is 0.660. The molecule has 0 radical (unpaired) electrons. The van der Waals surface area contributed by atoms with Crippen molar-refractivity contribution in [2.24, 2.45) is 0 Å². The van der Waals surface area contributed by atoms with E-state index in [1.165, 1.54) is 16.7 Å². The Morgan fingerprint density at radius 3 is 2.47 bits per heavy atom. The second-order valence-electron chi connectivity index (χ2n) is 4.21. The summed E-state index contributed by atoms with van der Waals surface area (Å²) >= 11 is 1.73. The fraction of sp³-hybridized carbons (Fsp3) is 0.0667. The van der Waals surface area contributed by atoms with Crippen LogP contribution in [0.2, 0.25) is 0 Å². The molecule has 2 aromatic carbocycles. The fourth-order valence-electron chi connectivity index (χ4n) is 2.06. The van der Waals surface area contributed by atoms with Crippen molar-refractivity contribution >= 4 is 22.1 Å². The van der Waals surface area contributed by atoms with Crippen molar-refractivity contribution in [1.29, 1.82) is 0 Å². The van der Waals surface area contributed by atoms with Gasteiger partial charge >= 0.3 is 0 Å². The minimum absolute atomic E-state index is 0.317. The number of thiophene rings is 1. The van der Waals surface area contributed by atoms with Gasteiger partial charge < -0.3 is 5.11 Å². The van der Waals surface area contributed by atoms with Gasteiger partial charge in [0.2, 0.25) is 0 Å². The van der Waals surface area contributed by atoms with E-state index in [-0.39, 0.29) is 0 Å². The number of hydrogen-bond acceptors (Lipinski definition) is 2. The summed E-state index contributed by atoms with van der Waals surface area (Å²) in [6.07, 6.45) is 0. The van der Waals surface area contributed by atoms with Crippen LogP contribution < -0.4 is 0 Å². The Bertz CT molecular complexity index is 682. The van der Waals surface area contributed by atoms with Crippen LogP contribution in [-0.2, 0) is 0 Å². The Labute approximate surface area is 104 Å². The molecule has 0 saturated heterocycles. The largest absolute Gasteiger partial charge is 0.508 e. The zero-order chi connectivity index (χ0) is 11.8. The lowest BCUT2D eigenvalue weighted by molar-refractivity contribution is 0.476. The van der Waals surface area contributed by atoms with Crippen molar-refractivity contribution in [3.05, 3.63) is 52.7 Å². The van der Waals surface area contributed by atoms with E-state index in [1.54, 1.807) is 23.5 Å². The molecule has 0 aliphatic rings. The number of fused-ring (bicyclic) bond motifs is 1. The highest BCUT2D eigenvalue weighted by molar-refractivity contribution is 7.08. The van der Waals surface area contributed by atoms with Crippen LogP contribution in [0.25, 0.3) is 21.9 Å². The lowest BCUT2D eigenvalue weighted by atomic mass is 10.0. The molecule has 1 N–H and O–H groups in total. The molecule has 1 nitrogen and oxygen atoms in total. The lowest BCUT2D eigenvalue weighted by Gasteiger charge is -2.04. The van der Waals surface area contributed by atoms with Crippen LogP contribution in [0.5, 0.6) is 5.75 Å². The van der Waals surface area contributed by atoms with Gasteiger partial charge in [-0.1, -0.05) is 18.2 Å². The molecule has 2 heteroatoms. The molecule has 0 aliphatic carbocycles. The fourth-order valence-corrected chi connectivity index (χ4v) is 2.91. The molecule has 17 heavy (non-hydrogen) atoms. The minimum Gasteiger partial charge on any atom is -0.508 e. The Hall–Kier alpha value is -1.80. The van der Waals surface area contributed by atoms with Gasteiger partial charge in [0.15, 0.2) is 0 Å². The third-order valence-corrected chi connectivity index (χ3v) is 3.85. The third kappa shape index (κ3) is 1.81. The second kappa shape index (κ2) is 3.90. The highest BCUT2D eigenvalue weighted by Crippen LogP contribution is 2.30. The molecule has 0 saturated carbocycles. The van der Waals surface area contributed by atoms with E-state index in [4.69, 9.17) is 0 Å². The Balaban J connectivity index is 2.20. The zero-order valence-corrected chi connectivity index (χ0v) is 10.3. The summed E-state index contributed by atoms with van der Waals surface area (Å²) in [5.41, 5.74) is 3.85. The molecule has 1 aromatic heterocycles. The molecular weight excluding hydrogens is 228 g/mol. The average molecular weight is 240 g/mol. The number of rotatable bonds is 1. The topological polar surface area (TPSA) is 20.2 Å². The van der Waals surface area contributed by atoms with Gasteiger partial charge in [0.05, 0.1) is 0 Å². The molecule has 0 unspecified atom stereocenters. The van der Waals surface area contributed by atoms with Crippen molar-refractivity contribution < 1.29 is 5.11 Å². The Kier molecular flexibility index (Phi) is 2.37.